The lowest BCUT2D eigenvalue weighted by Gasteiger charge is -1.89. The molecule has 0 aliphatic carbocycles. The second-order valence-electron chi connectivity index (χ2n) is 1.72. The minimum absolute atomic E-state index is 0.209. The summed E-state index contributed by atoms with van der Waals surface area (Å²) in [6.07, 6.45) is 2.86. The van der Waals surface area contributed by atoms with E-state index >= 15 is 0 Å². The third kappa shape index (κ3) is 0.586. The summed E-state index contributed by atoms with van der Waals surface area (Å²) in [6, 6.07) is 0. The average Bonchev–Trinajstić information content (AvgIpc) is 2.33. The molecule has 2 rings (SSSR count). The van der Waals surface area contributed by atoms with Crippen LogP contribution in [0.4, 0.5) is 5.95 Å². The van der Waals surface area contributed by atoms with Gasteiger partial charge in [-0.2, -0.15) is 19.6 Å². The molecule has 0 bridgehead atoms. The number of hydrogen-bond donors (Lipinski definition) is 1. The first-order valence-electron chi connectivity index (χ1n) is 2.64. The molecule has 0 aromatic carbocycles. The van der Waals surface area contributed by atoms with E-state index in [4.69, 9.17) is 5.73 Å². The molecule has 50 valence electrons. The summed E-state index contributed by atoms with van der Waals surface area (Å²) in [5.74, 6) is 0.674. The van der Waals surface area contributed by atoms with Gasteiger partial charge in [0.1, 0.15) is 12.7 Å². The number of fused-ring (bicyclic) bond motifs is 1. The van der Waals surface area contributed by atoms with Crippen LogP contribution in [0.25, 0.3) is 5.78 Å². The Morgan fingerprint density at radius 3 is 3.20 bits per heavy atom. The van der Waals surface area contributed by atoms with Crippen molar-refractivity contribution in [2.75, 3.05) is 5.73 Å². The van der Waals surface area contributed by atoms with Gasteiger partial charge in [0.15, 0.2) is 0 Å². The number of rotatable bonds is 0. The van der Waals surface area contributed by atoms with Gasteiger partial charge in [0.2, 0.25) is 5.95 Å². The van der Waals surface area contributed by atoms with E-state index in [0.717, 1.165) is 0 Å². The predicted octanol–water partition coefficient (Wildman–Crippen LogP) is -0.899. The second-order valence-corrected chi connectivity index (χ2v) is 1.72. The molecule has 6 nitrogen and oxygen atoms in total. The fourth-order valence-electron chi connectivity index (χ4n) is 0.651. The number of nitrogens with zero attached hydrogens (tertiary/aromatic N) is 5. The first kappa shape index (κ1) is 5.10. The van der Waals surface area contributed by atoms with Gasteiger partial charge in [-0.15, -0.1) is 0 Å². The Morgan fingerprint density at radius 1 is 1.40 bits per heavy atom. The van der Waals surface area contributed by atoms with E-state index in [-0.39, 0.29) is 5.95 Å². The zero-order chi connectivity index (χ0) is 6.97. The van der Waals surface area contributed by atoms with E-state index in [0.29, 0.717) is 5.78 Å². The normalized spacial score (nSPS) is 10.4. The summed E-state index contributed by atoms with van der Waals surface area (Å²) < 4.78 is 1.44. The molecule has 0 atom stereocenters. The Labute approximate surface area is 55.7 Å². The first-order chi connectivity index (χ1) is 4.86. The van der Waals surface area contributed by atoms with E-state index in [2.05, 4.69) is 20.1 Å². The lowest BCUT2D eigenvalue weighted by atomic mass is 10.9. The first-order valence-corrected chi connectivity index (χ1v) is 2.64. The van der Waals surface area contributed by atoms with Crippen molar-refractivity contribution >= 4 is 11.7 Å². The number of aromatic nitrogens is 5. The molecule has 0 aliphatic rings. The van der Waals surface area contributed by atoms with Gasteiger partial charge in [0, 0.05) is 0 Å². The van der Waals surface area contributed by atoms with Crippen molar-refractivity contribution in [1.82, 2.24) is 24.6 Å². The Kier molecular flexibility index (Phi) is 0.830. The van der Waals surface area contributed by atoms with Gasteiger partial charge in [0.05, 0.1) is 0 Å². The SMILES string of the molecule is Nc1ncn2ncnc2n1. The summed E-state index contributed by atoms with van der Waals surface area (Å²) in [5.41, 5.74) is 5.28. The van der Waals surface area contributed by atoms with Crippen molar-refractivity contribution in [3.8, 4) is 0 Å². The van der Waals surface area contributed by atoms with Crippen LogP contribution in [-0.4, -0.2) is 24.6 Å². The number of nitrogens with two attached hydrogens (primary N) is 1. The molecule has 0 radical (unpaired) electrons. The highest BCUT2D eigenvalue weighted by Crippen LogP contribution is 1.92. The maximum absolute atomic E-state index is 5.28. The predicted molar refractivity (Wildman–Crippen MR) is 33.0 cm³/mol. The molecule has 0 saturated heterocycles. The zero-order valence-electron chi connectivity index (χ0n) is 4.97. The van der Waals surface area contributed by atoms with Crippen LogP contribution >= 0.6 is 0 Å². The highest BCUT2D eigenvalue weighted by molar-refractivity contribution is 5.29. The Bertz CT molecular complexity index is 351. The molecule has 2 aromatic rings. The summed E-state index contributed by atoms with van der Waals surface area (Å²) >= 11 is 0. The summed E-state index contributed by atoms with van der Waals surface area (Å²) in [4.78, 5) is 11.3. The molecule has 2 N–H and O–H groups in total. The third-order valence-corrected chi connectivity index (χ3v) is 1.07. The third-order valence-electron chi connectivity index (χ3n) is 1.07. The molecule has 10 heavy (non-hydrogen) atoms. The molecule has 0 amide bonds. The molecule has 0 saturated carbocycles. The Balaban J connectivity index is 2.86. The quantitative estimate of drug-likeness (QED) is 0.507. The molecule has 0 aliphatic heterocycles. The van der Waals surface area contributed by atoms with Crippen molar-refractivity contribution < 1.29 is 0 Å². The minimum Gasteiger partial charge on any atom is -0.368 e. The van der Waals surface area contributed by atoms with Crippen LogP contribution in [0, 0.1) is 0 Å². The Hall–Kier alpha value is -1.72. The van der Waals surface area contributed by atoms with E-state index in [1.54, 1.807) is 0 Å². The largest absolute Gasteiger partial charge is 0.368 e. The summed E-state index contributed by atoms with van der Waals surface area (Å²) in [5, 5.41) is 3.78. The van der Waals surface area contributed by atoms with Crippen LogP contribution in [0.15, 0.2) is 12.7 Å². The smallest absolute Gasteiger partial charge is 0.256 e. The van der Waals surface area contributed by atoms with Gasteiger partial charge in [-0.05, 0) is 0 Å². The molecule has 6 heteroatoms. The average molecular weight is 136 g/mol. The van der Waals surface area contributed by atoms with Gasteiger partial charge < -0.3 is 5.73 Å². The summed E-state index contributed by atoms with van der Waals surface area (Å²) in [7, 11) is 0. The number of nitrogen functional groups attached to an aromatic ring is 1. The van der Waals surface area contributed by atoms with Gasteiger partial charge in [-0.3, -0.25) is 0 Å². The minimum atomic E-state index is 0.209. The molecule has 0 fully saturated rings. The number of anilines is 1. The lowest BCUT2D eigenvalue weighted by molar-refractivity contribution is 0.896. The number of hydrogen-bond acceptors (Lipinski definition) is 5. The second kappa shape index (κ2) is 1.63. The maximum atomic E-state index is 5.28. The molecule has 0 spiro atoms. The van der Waals surface area contributed by atoms with Crippen LogP contribution in [0.3, 0.4) is 0 Å². The monoisotopic (exact) mass is 136 g/mol. The van der Waals surface area contributed by atoms with E-state index < -0.39 is 0 Å². The molecular weight excluding hydrogens is 132 g/mol. The van der Waals surface area contributed by atoms with Crippen LogP contribution in [-0.2, 0) is 0 Å². The van der Waals surface area contributed by atoms with Crippen LogP contribution in [0.5, 0.6) is 0 Å². The van der Waals surface area contributed by atoms with Crippen molar-refractivity contribution in [3.63, 3.8) is 0 Å². The molecule has 0 unspecified atom stereocenters. The van der Waals surface area contributed by atoms with E-state index in [9.17, 15) is 0 Å². The lowest BCUT2D eigenvalue weighted by Crippen LogP contribution is -1.98. The van der Waals surface area contributed by atoms with Crippen molar-refractivity contribution in [3.05, 3.63) is 12.7 Å². The molecule has 2 heterocycles. The van der Waals surface area contributed by atoms with Crippen molar-refractivity contribution in [2.24, 2.45) is 0 Å². The van der Waals surface area contributed by atoms with Gasteiger partial charge in [-0.25, -0.2) is 4.98 Å². The topological polar surface area (TPSA) is 82.0 Å². The maximum Gasteiger partial charge on any atom is 0.256 e. The van der Waals surface area contributed by atoms with E-state index in [1.165, 1.54) is 17.2 Å². The van der Waals surface area contributed by atoms with Crippen molar-refractivity contribution in [2.45, 2.75) is 0 Å². The summed E-state index contributed by atoms with van der Waals surface area (Å²) in [6.45, 7) is 0. The van der Waals surface area contributed by atoms with Crippen molar-refractivity contribution in [1.29, 1.82) is 0 Å². The van der Waals surface area contributed by atoms with Gasteiger partial charge in [-0.1, -0.05) is 0 Å². The van der Waals surface area contributed by atoms with Crippen LogP contribution in [0.2, 0.25) is 0 Å². The van der Waals surface area contributed by atoms with E-state index in [1.807, 2.05) is 0 Å². The van der Waals surface area contributed by atoms with Gasteiger partial charge in [0.25, 0.3) is 5.78 Å². The molecular formula is C4H4N6. The zero-order valence-corrected chi connectivity index (χ0v) is 4.97. The fraction of sp³-hybridized carbons (Fsp3) is 0. The fourth-order valence-corrected chi connectivity index (χ4v) is 0.651. The molecule has 2 aromatic heterocycles. The van der Waals surface area contributed by atoms with Gasteiger partial charge >= 0.3 is 0 Å². The highest BCUT2D eigenvalue weighted by Gasteiger charge is 1.94. The standard InChI is InChI=1S/C4H4N6/c5-3-7-2-10-4(9-3)6-1-8-10/h1-2H,(H2,5,6,8,9). The highest BCUT2D eigenvalue weighted by atomic mass is 15.3. The Morgan fingerprint density at radius 2 is 2.30 bits per heavy atom. The van der Waals surface area contributed by atoms with Crippen LogP contribution in [0.1, 0.15) is 0 Å². The van der Waals surface area contributed by atoms with Crippen LogP contribution < -0.4 is 5.73 Å².